The zero-order chi connectivity index (χ0) is 22.1. The van der Waals surface area contributed by atoms with Gasteiger partial charge in [0.25, 0.3) is 0 Å². The van der Waals surface area contributed by atoms with Crippen LogP contribution in [-0.2, 0) is 11.3 Å². The first-order valence-corrected chi connectivity index (χ1v) is 10.2. The molecule has 0 aliphatic carbocycles. The first-order chi connectivity index (χ1) is 14.0. The number of amides is 1. The fourth-order valence-electron chi connectivity index (χ4n) is 3.32. The van der Waals surface area contributed by atoms with Crippen LogP contribution in [0.4, 0.5) is 10.6 Å². The number of imidazole rings is 1. The summed E-state index contributed by atoms with van der Waals surface area (Å²) in [5, 5.41) is 3.66. The van der Waals surface area contributed by atoms with Crippen LogP contribution in [0.5, 0.6) is 5.75 Å². The van der Waals surface area contributed by atoms with Crippen molar-refractivity contribution in [3.63, 3.8) is 0 Å². The van der Waals surface area contributed by atoms with E-state index in [0.717, 1.165) is 34.3 Å². The number of fused-ring (bicyclic) bond motifs is 3. The van der Waals surface area contributed by atoms with E-state index in [4.69, 9.17) is 15.2 Å². The van der Waals surface area contributed by atoms with E-state index in [-0.39, 0.29) is 0 Å². The van der Waals surface area contributed by atoms with Crippen LogP contribution in [-0.4, -0.2) is 39.4 Å². The number of aromatic nitrogens is 3. The van der Waals surface area contributed by atoms with Crippen LogP contribution in [0.3, 0.4) is 0 Å². The topological polar surface area (TPSA) is 104 Å². The molecule has 0 saturated heterocycles. The number of pyridine rings is 1. The summed E-state index contributed by atoms with van der Waals surface area (Å²) < 4.78 is 13.2. The smallest absolute Gasteiger partial charge is 0.407 e. The van der Waals surface area contributed by atoms with E-state index in [1.807, 2.05) is 45.9 Å². The Morgan fingerprint density at radius 1 is 1.27 bits per heavy atom. The number of benzene rings is 1. The summed E-state index contributed by atoms with van der Waals surface area (Å²) in [6, 6.07) is 5.74. The summed E-state index contributed by atoms with van der Waals surface area (Å²) in [6.07, 6.45) is -0.463. The molecule has 30 heavy (non-hydrogen) atoms. The van der Waals surface area contributed by atoms with Gasteiger partial charge in [-0.05, 0) is 45.7 Å². The highest BCUT2D eigenvalue weighted by Crippen LogP contribution is 2.31. The normalized spacial score (nSPS) is 12.0. The third-order valence-corrected chi connectivity index (χ3v) is 4.45. The minimum Gasteiger partial charge on any atom is -0.492 e. The second kappa shape index (κ2) is 8.38. The molecule has 0 atom stereocenters. The molecule has 8 heteroatoms. The Morgan fingerprint density at radius 3 is 2.67 bits per heavy atom. The van der Waals surface area contributed by atoms with Crippen molar-refractivity contribution >= 4 is 33.8 Å². The maximum atomic E-state index is 11.7. The van der Waals surface area contributed by atoms with E-state index in [1.165, 1.54) is 0 Å². The first-order valence-electron chi connectivity index (χ1n) is 10.2. The fraction of sp³-hybridized carbons (Fsp3) is 0.500. The van der Waals surface area contributed by atoms with Crippen molar-refractivity contribution in [2.45, 2.75) is 53.7 Å². The Kier molecular flexibility index (Phi) is 6.05. The maximum absolute atomic E-state index is 11.7. The van der Waals surface area contributed by atoms with Crippen LogP contribution in [0, 0.1) is 12.8 Å². The van der Waals surface area contributed by atoms with Crippen LogP contribution in [0.15, 0.2) is 18.2 Å². The third-order valence-electron chi connectivity index (χ3n) is 4.45. The molecule has 3 rings (SSSR count). The highest BCUT2D eigenvalue weighted by atomic mass is 16.6. The van der Waals surface area contributed by atoms with Crippen molar-refractivity contribution in [3.8, 4) is 5.75 Å². The monoisotopic (exact) mass is 413 g/mol. The predicted octanol–water partition coefficient (Wildman–Crippen LogP) is 4.03. The summed E-state index contributed by atoms with van der Waals surface area (Å²) in [7, 11) is 0. The molecule has 0 radical (unpaired) electrons. The van der Waals surface area contributed by atoms with E-state index in [9.17, 15) is 4.79 Å². The average molecular weight is 414 g/mol. The lowest BCUT2D eigenvalue weighted by molar-refractivity contribution is 0.0520. The molecule has 1 amide bonds. The summed E-state index contributed by atoms with van der Waals surface area (Å²) in [5.74, 6) is 2.47. The zero-order valence-electron chi connectivity index (χ0n) is 18.6. The van der Waals surface area contributed by atoms with E-state index in [0.29, 0.717) is 30.6 Å². The molecule has 3 N–H and O–H groups in total. The molecule has 0 saturated carbocycles. The largest absolute Gasteiger partial charge is 0.492 e. The minimum absolute atomic E-state index is 0.312. The number of alkyl carbamates (subject to hydrolysis) is 1. The van der Waals surface area contributed by atoms with Gasteiger partial charge in [0.1, 0.15) is 29.3 Å². The number of nitrogen functional groups attached to an aromatic ring is 1. The maximum Gasteiger partial charge on any atom is 0.407 e. The van der Waals surface area contributed by atoms with Crippen LogP contribution >= 0.6 is 0 Å². The number of hydrogen-bond donors (Lipinski definition) is 2. The molecule has 0 bridgehead atoms. The fourth-order valence-corrected chi connectivity index (χ4v) is 3.32. The van der Waals surface area contributed by atoms with Crippen LogP contribution in [0.1, 0.15) is 40.4 Å². The predicted molar refractivity (Wildman–Crippen MR) is 119 cm³/mol. The molecular weight excluding hydrogens is 382 g/mol. The van der Waals surface area contributed by atoms with E-state index < -0.39 is 11.7 Å². The van der Waals surface area contributed by atoms with Gasteiger partial charge in [0.05, 0.1) is 17.6 Å². The summed E-state index contributed by atoms with van der Waals surface area (Å²) in [6.45, 7) is 13.3. The van der Waals surface area contributed by atoms with Crippen molar-refractivity contribution in [1.29, 1.82) is 0 Å². The Balaban J connectivity index is 1.78. The standard InChI is InChI=1S/C22H31N5O3/c1-13(2)12-27-14(3)25-18-19(27)16-8-7-15(11-17(16)26-20(18)23)29-10-9-24-21(28)30-22(4,5)6/h7-8,11,13H,9-10,12H2,1-6H3,(H2,23,26)(H,24,28). The Bertz CT molecular complexity index is 1070. The Morgan fingerprint density at radius 2 is 2.00 bits per heavy atom. The summed E-state index contributed by atoms with van der Waals surface area (Å²) in [4.78, 5) is 20.9. The van der Waals surface area contributed by atoms with E-state index >= 15 is 0 Å². The molecule has 0 aliphatic rings. The number of hydrogen-bond acceptors (Lipinski definition) is 6. The number of rotatable bonds is 6. The molecule has 1 aromatic carbocycles. The van der Waals surface area contributed by atoms with Crippen LogP contribution < -0.4 is 15.8 Å². The quantitative estimate of drug-likeness (QED) is 0.591. The molecule has 0 spiro atoms. The van der Waals surface area contributed by atoms with Crippen LogP contribution in [0.2, 0.25) is 0 Å². The van der Waals surface area contributed by atoms with Gasteiger partial charge in [0.2, 0.25) is 0 Å². The molecular formula is C22H31N5O3. The number of nitrogens with zero attached hydrogens (tertiary/aromatic N) is 3. The van der Waals surface area contributed by atoms with E-state index in [2.05, 4.69) is 33.7 Å². The molecule has 0 unspecified atom stereocenters. The number of nitrogens with one attached hydrogen (secondary N) is 1. The summed E-state index contributed by atoms with van der Waals surface area (Å²) in [5.41, 5.74) is 8.16. The van der Waals surface area contributed by atoms with Crippen molar-refractivity contribution in [2.75, 3.05) is 18.9 Å². The van der Waals surface area contributed by atoms with Gasteiger partial charge in [0, 0.05) is 18.0 Å². The van der Waals surface area contributed by atoms with Gasteiger partial charge in [0.15, 0.2) is 5.82 Å². The Labute approximate surface area is 176 Å². The average Bonchev–Trinajstić information content (AvgIpc) is 2.94. The molecule has 8 nitrogen and oxygen atoms in total. The first kappa shape index (κ1) is 21.7. The van der Waals surface area contributed by atoms with Crippen LogP contribution in [0.25, 0.3) is 21.9 Å². The van der Waals surface area contributed by atoms with E-state index in [1.54, 1.807) is 0 Å². The SMILES string of the molecule is Cc1nc2c(N)nc3cc(OCCNC(=O)OC(C)(C)C)ccc3c2n1CC(C)C. The number of ether oxygens (including phenoxy) is 2. The molecule has 2 aromatic heterocycles. The zero-order valence-corrected chi connectivity index (χ0v) is 18.6. The molecule has 3 aromatic rings. The van der Waals surface area contributed by atoms with Gasteiger partial charge in [-0.3, -0.25) is 0 Å². The summed E-state index contributed by atoms with van der Waals surface area (Å²) >= 11 is 0. The number of carbonyl (C=O) groups excluding carboxylic acids is 1. The minimum atomic E-state index is -0.527. The van der Waals surface area contributed by atoms with Gasteiger partial charge in [-0.1, -0.05) is 13.8 Å². The molecule has 0 aliphatic heterocycles. The molecule has 162 valence electrons. The lowest BCUT2D eigenvalue weighted by Crippen LogP contribution is -2.34. The lowest BCUT2D eigenvalue weighted by atomic mass is 10.1. The van der Waals surface area contributed by atoms with Crippen molar-refractivity contribution in [2.24, 2.45) is 5.92 Å². The number of nitrogens with two attached hydrogens (primary N) is 1. The van der Waals surface area contributed by atoms with Gasteiger partial charge in [-0.15, -0.1) is 0 Å². The molecule has 0 fully saturated rings. The third kappa shape index (κ3) is 4.93. The van der Waals surface area contributed by atoms with Gasteiger partial charge in [-0.25, -0.2) is 14.8 Å². The van der Waals surface area contributed by atoms with Crippen molar-refractivity contribution < 1.29 is 14.3 Å². The number of anilines is 1. The van der Waals surface area contributed by atoms with Crippen molar-refractivity contribution in [1.82, 2.24) is 19.9 Å². The van der Waals surface area contributed by atoms with Gasteiger partial charge >= 0.3 is 6.09 Å². The lowest BCUT2D eigenvalue weighted by Gasteiger charge is -2.19. The van der Waals surface area contributed by atoms with Gasteiger partial charge in [-0.2, -0.15) is 0 Å². The second-order valence-corrected chi connectivity index (χ2v) is 8.81. The second-order valence-electron chi connectivity index (χ2n) is 8.81. The highest BCUT2D eigenvalue weighted by molar-refractivity contribution is 6.06. The van der Waals surface area contributed by atoms with Gasteiger partial charge < -0.3 is 25.1 Å². The van der Waals surface area contributed by atoms with Crippen molar-refractivity contribution in [3.05, 3.63) is 24.0 Å². The number of carbonyl (C=O) groups is 1. The Hall–Kier alpha value is -3.03. The molecule has 2 heterocycles. The number of aryl methyl sites for hydroxylation is 1. The highest BCUT2D eigenvalue weighted by Gasteiger charge is 2.17.